The lowest BCUT2D eigenvalue weighted by atomic mass is 10.1. The van der Waals surface area contributed by atoms with Gasteiger partial charge in [-0.25, -0.2) is 8.78 Å². The number of benzene rings is 1. The molecule has 2 heterocycles. The molecule has 1 aromatic carbocycles. The molecule has 0 saturated heterocycles. The summed E-state index contributed by atoms with van der Waals surface area (Å²) >= 11 is 1.49. The lowest BCUT2D eigenvalue weighted by Gasteiger charge is -2.09. The van der Waals surface area contributed by atoms with Crippen LogP contribution in [0.1, 0.15) is 10.4 Å². The molecule has 3 nitrogen and oxygen atoms in total. The Morgan fingerprint density at radius 3 is 2.77 bits per heavy atom. The first-order chi connectivity index (χ1) is 10.6. The number of carbonyl (C=O) groups excluding carboxylic acids is 1. The fourth-order valence-corrected chi connectivity index (χ4v) is 2.64. The third kappa shape index (κ3) is 2.87. The maximum absolute atomic E-state index is 13.6. The number of hydrogen-bond acceptors (Lipinski definition) is 3. The van der Waals surface area contributed by atoms with Crippen molar-refractivity contribution in [3.8, 4) is 11.3 Å². The zero-order valence-corrected chi connectivity index (χ0v) is 12.0. The van der Waals surface area contributed by atoms with Gasteiger partial charge in [-0.2, -0.15) is 11.3 Å². The molecule has 0 aliphatic rings. The average molecular weight is 316 g/mol. The van der Waals surface area contributed by atoms with Crippen LogP contribution in [0.2, 0.25) is 0 Å². The fraction of sp³-hybridized carbons (Fsp3) is 0. The van der Waals surface area contributed by atoms with E-state index in [-0.39, 0.29) is 5.69 Å². The second-order valence-corrected chi connectivity index (χ2v) is 5.27. The molecule has 1 amide bonds. The first-order valence-corrected chi connectivity index (χ1v) is 7.33. The zero-order chi connectivity index (χ0) is 15.5. The highest BCUT2D eigenvalue weighted by Gasteiger charge is 2.15. The number of amides is 1. The third-order valence-corrected chi connectivity index (χ3v) is 3.71. The van der Waals surface area contributed by atoms with E-state index in [1.54, 1.807) is 18.3 Å². The second kappa shape index (κ2) is 6.03. The average Bonchev–Trinajstić information content (AvgIpc) is 3.04. The molecule has 0 aliphatic heterocycles. The smallest absolute Gasteiger partial charge is 0.257 e. The number of halogens is 2. The predicted octanol–water partition coefficient (Wildman–Crippen LogP) is 4.34. The summed E-state index contributed by atoms with van der Waals surface area (Å²) in [5.74, 6) is -2.02. The minimum atomic E-state index is -0.825. The van der Waals surface area contributed by atoms with E-state index < -0.39 is 17.5 Å². The summed E-state index contributed by atoms with van der Waals surface area (Å²) < 4.78 is 26.5. The Morgan fingerprint density at radius 2 is 2.05 bits per heavy atom. The van der Waals surface area contributed by atoms with Gasteiger partial charge >= 0.3 is 0 Å². The molecule has 0 atom stereocenters. The van der Waals surface area contributed by atoms with Gasteiger partial charge < -0.3 is 5.32 Å². The molecule has 3 rings (SSSR count). The van der Waals surface area contributed by atoms with E-state index in [1.165, 1.54) is 17.4 Å². The van der Waals surface area contributed by atoms with Crippen LogP contribution in [0.3, 0.4) is 0 Å². The van der Waals surface area contributed by atoms with E-state index >= 15 is 0 Å². The summed E-state index contributed by atoms with van der Waals surface area (Å²) in [5.41, 5.74) is 1.58. The number of pyridine rings is 1. The predicted molar refractivity (Wildman–Crippen MR) is 81.9 cm³/mol. The number of carbonyl (C=O) groups is 1. The molecule has 0 saturated carbocycles. The SMILES string of the molecule is O=C(Nc1ccc(F)cc1F)c1cccnc1-c1ccsc1. The van der Waals surface area contributed by atoms with Crippen LogP contribution >= 0.6 is 11.3 Å². The van der Waals surface area contributed by atoms with Gasteiger partial charge in [-0.05, 0) is 35.7 Å². The van der Waals surface area contributed by atoms with E-state index in [0.29, 0.717) is 11.3 Å². The molecule has 0 spiro atoms. The van der Waals surface area contributed by atoms with Crippen molar-refractivity contribution in [1.29, 1.82) is 0 Å². The number of rotatable bonds is 3. The molecule has 0 fully saturated rings. The van der Waals surface area contributed by atoms with Crippen molar-refractivity contribution in [2.75, 3.05) is 5.32 Å². The van der Waals surface area contributed by atoms with Crippen LogP contribution in [0.4, 0.5) is 14.5 Å². The van der Waals surface area contributed by atoms with Crippen molar-refractivity contribution in [3.63, 3.8) is 0 Å². The van der Waals surface area contributed by atoms with Gasteiger partial charge in [0.2, 0.25) is 0 Å². The van der Waals surface area contributed by atoms with Crippen LogP contribution in [0.5, 0.6) is 0 Å². The van der Waals surface area contributed by atoms with Crippen LogP contribution < -0.4 is 5.32 Å². The highest BCUT2D eigenvalue weighted by molar-refractivity contribution is 7.08. The van der Waals surface area contributed by atoms with Gasteiger partial charge in [0.05, 0.1) is 16.9 Å². The monoisotopic (exact) mass is 316 g/mol. The molecule has 1 N–H and O–H groups in total. The number of hydrogen-bond donors (Lipinski definition) is 1. The number of nitrogens with zero attached hydrogens (tertiary/aromatic N) is 1. The van der Waals surface area contributed by atoms with E-state index in [0.717, 1.165) is 17.7 Å². The lowest BCUT2D eigenvalue weighted by molar-refractivity contribution is 0.102. The summed E-state index contributed by atoms with van der Waals surface area (Å²) in [5, 5.41) is 6.19. The normalized spacial score (nSPS) is 10.5. The Balaban J connectivity index is 1.93. The Labute approximate surface area is 129 Å². The van der Waals surface area contributed by atoms with Gasteiger partial charge in [0.15, 0.2) is 0 Å². The molecule has 0 radical (unpaired) electrons. The second-order valence-electron chi connectivity index (χ2n) is 4.49. The molecule has 110 valence electrons. The van der Waals surface area contributed by atoms with Gasteiger partial charge in [-0.3, -0.25) is 9.78 Å². The van der Waals surface area contributed by atoms with Crippen LogP contribution in [-0.2, 0) is 0 Å². The Kier molecular flexibility index (Phi) is 3.93. The summed E-state index contributed by atoms with van der Waals surface area (Å²) in [6.07, 6.45) is 1.59. The van der Waals surface area contributed by atoms with Crippen molar-refractivity contribution >= 4 is 22.9 Å². The van der Waals surface area contributed by atoms with E-state index in [1.807, 2.05) is 16.8 Å². The quantitative estimate of drug-likeness (QED) is 0.781. The van der Waals surface area contributed by atoms with Gasteiger partial charge in [0.1, 0.15) is 11.6 Å². The van der Waals surface area contributed by atoms with Crippen molar-refractivity contribution in [1.82, 2.24) is 4.98 Å². The molecular weight excluding hydrogens is 306 g/mol. The number of anilines is 1. The Morgan fingerprint density at radius 1 is 1.18 bits per heavy atom. The van der Waals surface area contributed by atoms with Crippen LogP contribution in [0.15, 0.2) is 53.4 Å². The molecule has 0 aliphatic carbocycles. The maximum atomic E-state index is 13.6. The number of nitrogens with one attached hydrogen (secondary N) is 1. The molecule has 2 aromatic heterocycles. The highest BCUT2D eigenvalue weighted by atomic mass is 32.1. The van der Waals surface area contributed by atoms with E-state index in [9.17, 15) is 13.6 Å². The zero-order valence-electron chi connectivity index (χ0n) is 11.2. The third-order valence-electron chi connectivity index (χ3n) is 3.03. The Hall–Kier alpha value is -2.60. The van der Waals surface area contributed by atoms with Gasteiger partial charge in [0.25, 0.3) is 5.91 Å². The Bertz CT molecular complexity index is 819. The number of aromatic nitrogens is 1. The van der Waals surface area contributed by atoms with Crippen molar-refractivity contribution in [3.05, 3.63) is 70.6 Å². The largest absolute Gasteiger partial charge is 0.319 e. The van der Waals surface area contributed by atoms with Crippen molar-refractivity contribution < 1.29 is 13.6 Å². The van der Waals surface area contributed by atoms with E-state index in [2.05, 4.69) is 10.3 Å². The van der Waals surface area contributed by atoms with Crippen molar-refractivity contribution in [2.45, 2.75) is 0 Å². The number of thiophene rings is 1. The summed E-state index contributed by atoms with van der Waals surface area (Å²) in [6.45, 7) is 0. The minimum absolute atomic E-state index is 0.0773. The highest BCUT2D eigenvalue weighted by Crippen LogP contribution is 2.25. The molecule has 3 aromatic rings. The van der Waals surface area contributed by atoms with Crippen LogP contribution in [0, 0.1) is 11.6 Å². The molecule has 0 bridgehead atoms. The topological polar surface area (TPSA) is 42.0 Å². The van der Waals surface area contributed by atoms with Gasteiger partial charge in [0, 0.05) is 23.2 Å². The molecule has 6 heteroatoms. The molecular formula is C16H10F2N2OS. The maximum Gasteiger partial charge on any atom is 0.257 e. The van der Waals surface area contributed by atoms with Gasteiger partial charge in [-0.1, -0.05) is 0 Å². The lowest BCUT2D eigenvalue weighted by Crippen LogP contribution is -2.14. The van der Waals surface area contributed by atoms with Crippen molar-refractivity contribution in [2.24, 2.45) is 0 Å². The van der Waals surface area contributed by atoms with Gasteiger partial charge in [-0.15, -0.1) is 0 Å². The van der Waals surface area contributed by atoms with E-state index in [4.69, 9.17) is 0 Å². The molecule has 0 unspecified atom stereocenters. The first kappa shape index (κ1) is 14.3. The van der Waals surface area contributed by atoms with Crippen LogP contribution in [-0.4, -0.2) is 10.9 Å². The summed E-state index contributed by atoms with van der Waals surface area (Å²) in [7, 11) is 0. The minimum Gasteiger partial charge on any atom is -0.319 e. The first-order valence-electron chi connectivity index (χ1n) is 6.39. The fourth-order valence-electron chi connectivity index (χ4n) is 2.00. The standard InChI is InChI=1S/C16H10F2N2OS/c17-11-3-4-14(13(18)8-11)20-16(21)12-2-1-6-19-15(12)10-5-7-22-9-10/h1-9H,(H,20,21). The summed E-state index contributed by atoms with van der Waals surface area (Å²) in [4.78, 5) is 16.6. The molecule has 22 heavy (non-hydrogen) atoms. The van der Waals surface area contributed by atoms with Crippen LogP contribution in [0.25, 0.3) is 11.3 Å². The summed E-state index contributed by atoms with van der Waals surface area (Å²) in [6, 6.07) is 8.08.